The van der Waals surface area contributed by atoms with Crippen molar-refractivity contribution < 1.29 is 13.2 Å². The number of rotatable bonds is 1. The van der Waals surface area contributed by atoms with Gasteiger partial charge in [-0.3, -0.25) is 4.98 Å². The van der Waals surface area contributed by atoms with Gasteiger partial charge in [-0.1, -0.05) is 0 Å². The maximum atomic E-state index is 12.6. The summed E-state index contributed by atoms with van der Waals surface area (Å²) in [4.78, 5) is 4.03. The van der Waals surface area contributed by atoms with Crippen LogP contribution in [0.2, 0.25) is 0 Å². The number of hydrogen-bond donors (Lipinski definition) is 1. The molecule has 1 aromatic rings. The van der Waals surface area contributed by atoms with Gasteiger partial charge in [0.2, 0.25) is 0 Å². The lowest BCUT2D eigenvalue weighted by Gasteiger charge is -2.38. The minimum atomic E-state index is -4.09. The van der Waals surface area contributed by atoms with Crippen molar-refractivity contribution in [3.8, 4) is 0 Å². The van der Waals surface area contributed by atoms with Gasteiger partial charge in [0.25, 0.3) is 0 Å². The second-order valence-electron chi connectivity index (χ2n) is 5.16. The van der Waals surface area contributed by atoms with Gasteiger partial charge in [0.1, 0.15) is 0 Å². The lowest BCUT2D eigenvalue weighted by molar-refractivity contribution is -0.184. The summed E-state index contributed by atoms with van der Waals surface area (Å²) in [5.41, 5.74) is 7.50. The monoisotopic (exact) mass is 258 g/mol. The van der Waals surface area contributed by atoms with E-state index in [1.807, 2.05) is 13.0 Å². The number of hydrogen-bond acceptors (Lipinski definition) is 2. The fourth-order valence-electron chi connectivity index (χ4n) is 2.71. The minimum Gasteiger partial charge on any atom is -0.321 e. The van der Waals surface area contributed by atoms with Crippen LogP contribution >= 0.6 is 0 Å². The van der Waals surface area contributed by atoms with E-state index in [1.54, 1.807) is 12.4 Å². The van der Waals surface area contributed by atoms with Crippen LogP contribution in [-0.2, 0) is 5.54 Å². The number of pyridine rings is 1. The van der Waals surface area contributed by atoms with Gasteiger partial charge >= 0.3 is 6.18 Å². The van der Waals surface area contributed by atoms with Crippen molar-refractivity contribution in [2.24, 2.45) is 11.7 Å². The maximum Gasteiger partial charge on any atom is 0.391 e. The summed E-state index contributed by atoms with van der Waals surface area (Å²) in [6, 6.07) is 1.85. The Hall–Kier alpha value is -1.10. The lowest BCUT2D eigenvalue weighted by Crippen LogP contribution is -2.43. The van der Waals surface area contributed by atoms with Gasteiger partial charge in [0.05, 0.1) is 5.92 Å². The first-order valence-electron chi connectivity index (χ1n) is 6.09. The second-order valence-corrected chi connectivity index (χ2v) is 5.16. The number of aryl methyl sites for hydroxylation is 1. The summed E-state index contributed by atoms with van der Waals surface area (Å²) in [5, 5.41) is 0. The van der Waals surface area contributed by atoms with Crippen LogP contribution in [0.3, 0.4) is 0 Å². The van der Waals surface area contributed by atoms with Crippen LogP contribution in [0.25, 0.3) is 0 Å². The fraction of sp³-hybridized carbons (Fsp3) is 0.615. The molecule has 0 amide bonds. The molecule has 2 rings (SSSR count). The van der Waals surface area contributed by atoms with E-state index in [0.29, 0.717) is 12.8 Å². The lowest BCUT2D eigenvalue weighted by atomic mass is 9.72. The van der Waals surface area contributed by atoms with Crippen LogP contribution in [0.1, 0.15) is 36.8 Å². The van der Waals surface area contributed by atoms with Crippen molar-refractivity contribution in [2.75, 3.05) is 0 Å². The molecule has 0 atom stereocenters. The topological polar surface area (TPSA) is 38.9 Å². The quantitative estimate of drug-likeness (QED) is 0.839. The molecule has 0 spiro atoms. The third kappa shape index (κ3) is 2.51. The zero-order valence-corrected chi connectivity index (χ0v) is 10.3. The predicted octanol–water partition coefficient (Wildman–Crippen LogP) is 3.30. The number of halogens is 3. The molecule has 1 heterocycles. The minimum absolute atomic E-state index is 0.105. The molecule has 2 nitrogen and oxygen atoms in total. The molecular formula is C13H17F3N2. The Balaban J connectivity index is 2.15. The molecule has 1 aliphatic carbocycles. The number of nitrogens with two attached hydrogens (primary N) is 1. The first kappa shape index (κ1) is 13.3. The maximum absolute atomic E-state index is 12.6. The number of aromatic nitrogens is 1. The van der Waals surface area contributed by atoms with Crippen LogP contribution in [0.15, 0.2) is 18.5 Å². The third-order valence-corrected chi connectivity index (χ3v) is 3.92. The molecule has 0 radical (unpaired) electrons. The van der Waals surface area contributed by atoms with Crippen LogP contribution in [0.5, 0.6) is 0 Å². The van der Waals surface area contributed by atoms with Crippen molar-refractivity contribution in [2.45, 2.75) is 44.3 Å². The second kappa shape index (κ2) is 4.53. The summed E-state index contributed by atoms with van der Waals surface area (Å²) in [5.74, 6) is -1.20. The molecule has 1 aliphatic rings. The van der Waals surface area contributed by atoms with Gasteiger partial charge < -0.3 is 5.73 Å². The van der Waals surface area contributed by atoms with E-state index in [0.717, 1.165) is 11.1 Å². The number of nitrogens with zero attached hydrogens (tertiary/aromatic N) is 1. The molecule has 100 valence electrons. The van der Waals surface area contributed by atoms with E-state index in [9.17, 15) is 13.2 Å². The largest absolute Gasteiger partial charge is 0.391 e. The van der Waals surface area contributed by atoms with Crippen LogP contribution < -0.4 is 5.73 Å². The van der Waals surface area contributed by atoms with Gasteiger partial charge in [-0.15, -0.1) is 0 Å². The van der Waals surface area contributed by atoms with E-state index in [4.69, 9.17) is 5.73 Å². The van der Waals surface area contributed by atoms with E-state index in [-0.39, 0.29) is 12.8 Å². The molecule has 0 aromatic carbocycles. The normalized spacial score (nSPS) is 29.3. The Kier molecular flexibility index (Phi) is 3.36. The van der Waals surface area contributed by atoms with E-state index in [2.05, 4.69) is 4.98 Å². The van der Waals surface area contributed by atoms with Crippen LogP contribution in [0.4, 0.5) is 13.2 Å². The molecule has 0 unspecified atom stereocenters. The van der Waals surface area contributed by atoms with Crippen molar-refractivity contribution in [3.05, 3.63) is 29.6 Å². The van der Waals surface area contributed by atoms with E-state index >= 15 is 0 Å². The standard InChI is InChI=1S/C13H17F3N2/c1-9-4-7-18-8-11(9)12(17)5-2-10(3-6-12)13(14,15)16/h4,7-8,10H,2-3,5-6,17H2,1H3. The van der Waals surface area contributed by atoms with Crippen molar-refractivity contribution in [1.82, 2.24) is 4.98 Å². The van der Waals surface area contributed by atoms with Crippen molar-refractivity contribution in [1.29, 1.82) is 0 Å². The Morgan fingerprint density at radius 2 is 1.94 bits per heavy atom. The molecule has 1 saturated carbocycles. The Morgan fingerprint density at radius 3 is 2.44 bits per heavy atom. The summed E-state index contributed by atoms with van der Waals surface area (Å²) in [7, 11) is 0. The molecule has 1 aromatic heterocycles. The first-order valence-corrected chi connectivity index (χ1v) is 6.09. The SMILES string of the molecule is Cc1ccncc1C1(N)CCC(C(F)(F)F)CC1. The summed E-state index contributed by atoms with van der Waals surface area (Å²) < 4.78 is 37.9. The van der Waals surface area contributed by atoms with E-state index < -0.39 is 17.6 Å². The molecular weight excluding hydrogens is 241 g/mol. The highest BCUT2D eigenvalue weighted by Crippen LogP contribution is 2.44. The molecule has 0 saturated heterocycles. The van der Waals surface area contributed by atoms with Gasteiger partial charge in [0, 0.05) is 17.9 Å². The molecule has 1 fully saturated rings. The molecule has 5 heteroatoms. The Labute approximate surface area is 104 Å². The average Bonchev–Trinajstić information content (AvgIpc) is 2.28. The zero-order valence-electron chi connectivity index (χ0n) is 10.3. The van der Waals surface area contributed by atoms with Crippen LogP contribution in [-0.4, -0.2) is 11.2 Å². The Bertz CT molecular complexity index is 420. The molecule has 0 aliphatic heterocycles. The summed E-state index contributed by atoms with van der Waals surface area (Å²) in [6.07, 6.45) is 0.203. The van der Waals surface area contributed by atoms with Gasteiger partial charge in [-0.25, -0.2) is 0 Å². The summed E-state index contributed by atoms with van der Waals surface area (Å²) >= 11 is 0. The smallest absolute Gasteiger partial charge is 0.321 e. The number of alkyl halides is 3. The third-order valence-electron chi connectivity index (χ3n) is 3.92. The molecule has 2 N–H and O–H groups in total. The van der Waals surface area contributed by atoms with Crippen LogP contribution in [0, 0.1) is 12.8 Å². The highest BCUT2D eigenvalue weighted by atomic mass is 19.4. The van der Waals surface area contributed by atoms with Gasteiger partial charge in [-0.05, 0) is 49.8 Å². The van der Waals surface area contributed by atoms with Crippen molar-refractivity contribution in [3.63, 3.8) is 0 Å². The molecule has 18 heavy (non-hydrogen) atoms. The fourth-order valence-corrected chi connectivity index (χ4v) is 2.71. The zero-order chi connectivity index (χ0) is 13.4. The molecule has 0 bridgehead atoms. The Morgan fingerprint density at radius 1 is 1.33 bits per heavy atom. The highest BCUT2D eigenvalue weighted by molar-refractivity contribution is 5.29. The van der Waals surface area contributed by atoms with Crippen molar-refractivity contribution >= 4 is 0 Å². The first-order chi connectivity index (χ1) is 8.33. The highest BCUT2D eigenvalue weighted by Gasteiger charge is 2.45. The van der Waals surface area contributed by atoms with Gasteiger partial charge in [0.15, 0.2) is 0 Å². The summed E-state index contributed by atoms with van der Waals surface area (Å²) in [6.45, 7) is 1.92. The van der Waals surface area contributed by atoms with Gasteiger partial charge in [-0.2, -0.15) is 13.2 Å². The average molecular weight is 258 g/mol. The predicted molar refractivity (Wildman–Crippen MR) is 62.9 cm³/mol. The van der Waals surface area contributed by atoms with E-state index in [1.165, 1.54) is 0 Å².